The van der Waals surface area contributed by atoms with Gasteiger partial charge in [0, 0.05) is 17.2 Å². The first-order chi connectivity index (χ1) is 9.02. The number of ether oxygens (including phenoxy) is 1. The molecule has 1 aromatic carbocycles. The van der Waals surface area contributed by atoms with Crippen LogP contribution in [0, 0.1) is 13.8 Å². The minimum absolute atomic E-state index is 0.357. The van der Waals surface area contributed by atoms with Gasteiger partial charge in [0.15, 0.2) is 0 Å². The van der Waals surface area contributed by atoms with Gasteiger partial charge < -0.3 is 10.5 Å². The summed E-state index contributed by atoms with van der Waals surface area (Å²) in [7, 11) is 0. The Kier molecular flexibility index (Phi) is 4.45. The van der Waals surface area contributed by atoms with Crippen molar-refractivity contribution in [2.24, 2.45) is 5.73 Å². The fourth-order valence-electron chi connectivity index (χ4n) is 1.77. The van der Waals surface area contributed by atoms with Crippen molar-refractivity contribution in [1.29, 1.82) is 0 Å². The van der Waals surface area contributed by atoms with Gasteiger partial charge in [-0.05, 0) is 48.7 Å². The highest BCUT2D eigenvalue weighted by atomic mass is 79.9. The Labute approximate surface area is 125 Å². The second-order valence-corrected chi connectivity index (χ2v) is 5.44. The fourth-order valence-corrected chi connectivity index (χ4v) is 2.22. The van der Waals surface area contributed by atoms with Gasteiger partial charge in [0.25, 0.3) is 0 Å². The number of aromatic nitrogens is 1. The molecule has 0 atom stereocenters. The minimum atomic E-state index is 0.357. The second-order valence-electron chi connectivity index (χ2n) is 4.27. The first kappa shape index (κ1) is 14.3. The van der Waals surface area contributed by atoms with Gasteiger partial charge in [0.2, 0.25) is 5.88 Å². The topological polar surface area (TPSA) is 48.1 Å². The normalized spacial score (nSPS) is 10.6. The van der Waals surface area contributed by atoms with Gasteiger partial charge in [-0.1, -0.05) is 27.5 Å². The van der Waals surface area contributed by atoms with E-state index in [0.29, 0.717) is 23.2 Å². The van der Waals surface area contributed by atoms with Crippen LogP contribution >= 0.6 is 27.5 Å². The van der Waals surface area contributed by atoms with E-state index >= 15 is 0 Å². The monoisotopic (exact) mass is 340 g/mol. The van der Waals surface area contributed by atoms with E-state index < -0.39 is 0 Å². The molecule has 0 aliphatic carbocycles. The van der Waals surface area contributed by atoms with Crippen molar-refractivity contribution >= 4 is 27.5 Å². The van der Waals surface area contributed by atoms with Gasteiger partial charge >= 0.3 is 0 Å². The summed E-state index contributed by atoms with van der Waals surface area (Å²) < 4.78 is 6.83. The summed E-state index contributed by atoms with van der Waals surface area (Å²) >= 11 is 9.72. The average Bonchev–Trinajstić information content (AvgIpc) is 2.38. The van der Waals surface area contributed by atoms with Crippen molar-refractivity contribution in [2.75, 3.05) is 0 Å². The predicted octanol–water partition coefficient (Wildman–Crippen LogP) is 4.37. The van der Waals surface area contributed by atoms with Crippen LogP contribution in [0.3, 0.4) is 0 Å². The van der Waals surface area contributed by atoms with E-state index in [9.17, 15) is 0 Å². The number of aryl methyl sites for hydroxylation is 2. The SMILES string of the molecule is Cc1cc(Oc2nccc(CN)c2Cl)cc(C)c1Br. The lowest BCUT2D eigenvalue weighted by molar-refractivity contribution is 0.461. The molecule has 0 radical (unpaired) electrons. The highest BCUT2D eigenvalue weighted by Crippen LogP contribution is 2.32. The lowest BCUT2D eigenvalue weighted by Gasteiger charge is -2.11. The maximum Gasteiger partial charge on any atom is 0.238 e. The van der Waals surface area contributed by atoms with Gasteiger partial charge in [-0.3, -0.25) is 0 Å². The van der Waals surface area contributed by atoms with Gasteiger partial charge in [-0.25, -0.2) is 4.98 Å². The maximum atomic E-state index is 6.19. The first-order valence-electron chi connectivity index (χ1n) is 5.81. The molecule has 5 heteroatoms. The smallest absolute Gasteiger partial charge is 0.238 e. The largest absolute Gasteiger partial charge is 0.438 e. The second kappa shape index (κ2) is 5.90. The third-order valence-electron chi connectivity index (χ3n) is 2.78. The summed E-state index contributed by atoms with van der Waals surface area (Å²) in [5.74, 6) is 1.09. The number of nitrogens with zero attached hydrogens (tertiary/aromatic N) is 1. The molecule has 0 saturated heterocycles. The van der Waals surface area contributed by atoms with E-state index in [1.807, 2.05) is 26.0 Å². The molecular formula is C14H14BrClN2O. The molecule has 3 nitrogen and oxygen atoms in total. The van der Waals surface area contributed by atoms with E-state index in [4.69, 9.17) is 22.1 Å². The van der Waals surface area contributed by atoms with E-state index in [-0.39, 0.29) is 0 Å². The van der Waals surface area contributed by atoms with Crippen molar-refractivity contribution in [1.82, 2.24) is 4.98 Å². The third-order valence-corrected chi connectivity index (χ3v) is 4.44. The van der Waals surface area contributed by atoms with Crippen molar-refractivity contribution in [3.63, 3.8) is 0 Å². The molecule has 2 N–H and O–H groups in total. The standard InChI is InChI=1S/C14H14BrClN2O/c1-8-5-11(6-9(2)12(8)15)19-14-13(16)10(7-17)3-4-18-14/h3-6H,7,17H2,1-2H3. The quantitative estimate of drug-likeness (QED) is 0.902. The Balaban J connectivity index is 2.36. The Hall–Kier alpha value is -1.10. The minimum Gasteiger partial charge on any atom is -0.438 e. The summed E-state index contributed by atoms with van der Waals surface area (Å²) in [5.41, 5.74) is 8.62. The molecule has 0 amide bonds. The summed E-state index contributed by atoms with van der Waals surface area (Å²) in [6, 6.07) is 5.65. The number of hydrogen-bond donors (Lipinski definition) is 1. The predicted molar refractivity (Wildman–Crippen MR) is 80.8 cm³/mol. The van der Waals surface area contributed by atoms with E-state index in [0.717, 1.165) is 21.2 Å². The molecule has 100 valence electrons. The molecule has 2 aromatic rings. The van der Waals surface area contributed by atoms with Crippen molar-refractivity contribution in [3.05, 3.63) is 50.6 Å². The number of benzene rings is 1. The molecule has 0 aliphatic heterocycles. The maximum absolute atomic E-state index is 6.19. The Bertz CT molecular complexity index is 593. The van der Waals surface area contributed by atoms with Crippen molar-refractivity contribution < 1.29 is 4.74 Å². The average molecular weight is 342 g/mol. The zero-order chi connectivity index (χ0) is 14.0. The van der Waals surface area contributed by atoms with Gasteiger partial charge in [0.05, 0.1) is 0 Å². The molecule has 0 spiro atoms. The molecule has 1 heterocycles. The zero-order valence-corrected chi connectivity index (χ0v) is 13.0. The summed E-state index contributed by atoms with van der Waals surface area (Å²) in [6.07, 6.45) is 1.64. The Morgan fingerprint density at radius 2 is 1.95 bits per heavy atom. The van der Waals surface area contributed by atoms with E-state index in [1.54, 1.807) is 12.3 Å². The molecule has 0 fully saturated rings. The third kappa shape index (κ3) is 3.08. The molecule has 0 saturated carbocycles. The van der Waals surface area contributed by atoms with E-state index in [2.05, 4.69) is 20.9 Å². The summed E-state index contributed by atoms with van der Waals surface area (Å²) in [5, 5.41) is 0.461. The van der Waals surface area contributed by atoms with Crippen LogP contribution in [-0.2, 0) is 6.54 Å². The molecule has 0 unspecified atom stereocenters. The fraction of sp³-hybridized carbons (Fsp3) is 0.214. The molecule has 0 aliphatic rings. The number of rotatable bonds is 3. The van der Waals surface area contributed by atoms with E-state index in [1.165, 1.54) is 0 Å². The molecule has 2 rings (SSSR count). The Morgan fingerprint density at radius 1 is 1.32 bits per heavy atom. The van der Waals surface area contributed by atoms with Crippen LogP contribution < -0.4 is 10.5 Å². The molecule has 1 aromatic heterocycles. The number of halogens is 2. The lowest BCUT2D eigenvalue weighted by Crippen LogP contribution is -1.99. The number of hydrogen-bond acceptors (Lipinski definition) is 3. The van der Waals surface area contributed by atoms with Crippen molar-refractivity contribution in [3.8, 4) is 11.6 Å². The highest BCUT2D eigenvalue weighted by molar-refractivity contribution is 9.10. The summed E-state index contributed by atoms with van der Waals surface area (Å²) in [4.78, 5) is 4.14. The van der Waals surface area contributed by atoms with Gasteiger partial charge in [-0.15, -0.1) is 0 Å². The van der Waals surface area contributed by atoms with Crippen molar-refractivity contribution in [2.45, 2.75) is 20.4 Å². The molecule has 19 heavy (non-hydrogen) atoms. The van der Waals surface area contributed by atoms with Crippen LogP contribution in [0.5, 0.6) is 11.6 Å². The number of pyridine rings is 1. The lowest BCUT2D eigenvalue weighted by atomic mass is 10.1. The van der Waals surface area contributed by atoms with Gasteiger partial charge in [-0.2, -0.15) is 0 Å². The first-order valence-corrected chi connectivity index (χ1v) is 6.98. The van der Waals surface area contributed by atoms with Crippen LogP contribution in [0.25, 0.3) is 0 Å². The molecule has 0 bridgehead atoms. The van der Waals surface area contributed by atoms with Crippen LogP contribution in [-0.4, -0.2) is 4.98 Å². The number of nitrogens with two attached hydrogens (primary N) is 1. The zero-order valence-electron chi connectivity index (χ0n) is 10.7. The van der Waals surface area contributed by atoms with Crippen LogP contribution in [0.15, 0.2) is 28.9 Å². The van der Waals surface area contributed by atoms with Crippen LogP contribution in [0.1, 0.15) is 16.7 Å². The highest BCUT2D eigenvalue weighted by Gasteiger charge is 2.10. The van der Waals surface area contributed by atoms with Crippen LogP contribution in [0.2, 0.25) is 5.02 Å². The molecular weight excluding hydrogens is 328 g/mol. The van der Waals surface area contributed by atoms with Crippen LogP contribution in [0.4, 0.5) is 0 Å². The Morgan fingerprint density at radius 3 is 2.53 bits per heavy atom. The summed E-state index contributed by atoms with van der Waals surface area (Å²) in [6.45, 7) is 4.38. The van der Waals surface area contributed by atoms with Gasteiger partial charge in [0.1, 0.15) is 10.8 Å².